The highest BCUT2D eigenvalue weighted by Crippen LogP contribution is 2.21. The fourth-order valence-electron chi connectivity index (χ4n) is 3.02. The molecule has 3 amide bonds. The van der Waals surface area contributed by atoms with Crippen LogP contribution in [0.4, 0.5) is 0 Å². The van der Waals surface area contributed by atoms with Crippen molar-refractivity contribution in [1.82, 2.24) is 20.7 Å². The van der Waals surface area contributed by atoms with Gasteiger partial charge in [-0.2, -0.15) is 11.3 Å². The molecule has 0 spiro atoms. The number of likely N-dealkylation sites (N-methyl/N-ethyl adjacent to an activating group) is 1. The van der Waals surface area contributed by atoms with Gasteiger partial charge < -0.3 is 20.1 Å². The smallest absolute Gasteiger partial charge is 0.273 e. The maximum atomic E-state index is 12.7. The highest BCUT2D eigenvalue weighted by molar-refractivity contribution is 7.08. The van der Waals surface area contributed by atoms with Gasteiger partial charge in [-0.05, 0) is 35.7 Å². The minimum absolute atomic E-state index is 0.127. The van der Waals surface area contributed by atoms with E-state index in [4.69, 9.17) is 0 Å². The SMILES string of the molecule is CCNC(=O)[C@@H]1C[C@H](NC(=O)c2ccon2)CN1C(=O)Cc1ccsc1. The molecular weight excluding hydrogens is 356 g/mol. The molecule has 1 saturated heterocycles. The Morgan fingerprint density at radius 1 is 1.38 bits per heavy atom. The number of nitrogens with one attached hydrogen (secondary N) is 2. The molecule has 0 unspecified atom stereocenters. The van der Waals surface area contributed by atoms with Crippen molar-refractivity contribution in [3.8, 4) is 0 Å². The van der Waals surface area contributed by atoms with Crippen molar-refractivity contribution in [3.63, 3.8) is 0 Å². The van der Waals surface area contributed by atoms with E-state index in [-0.39, 0.29) is 42.4 Å². The van der Waals surface area contributed by atoms with Crippen LogP contribution in [0.2, 0.25) is 0 Å². The fraction of sp³-hybridized carbons (Fsp3) is 0.412. The van der Waals surface area contributed by atoms with E-state index in [1.54, 1.807) is 4.90 Å². The highest BCUT2D eigenvalue weighted by Gasteiger charge is 2.40. The lowest BCUT2D eigenvalue weighted by atomic mass is 10.1. The summed E-state index contributed by atoms with van der Waals surface area (Å²) >= 11 is 1.52. The molecule has 26 heavy (non-hydrogen) atoms. The zero-order chi connectivity index (χ0) is 18.5. The number of rotatable bonds is 6. The van der Waals surface area contributed by atoms with Crippen molar-refractivity contribution in [1.29, 1.82) is 0 Å². The topological polar surface area (TPSA) is 105 Å². The Morgan fingerprint density at radius 2 is 2.23 bits per heavy atom. The Labute approximate surface area is 154 Å². The van der Waals surface area contributed by atoms with Gasteiger partial charge in [-0.15, -0.1) is 0 Å². The molecule has 1 aliphatic rings. The van der Waals surface area contributed by atoms with Crippen molar-refractivity contribution < 1.29 is 18.9 Å². The minimum atomic E-state index is -0.594. The van der Waals surface area contributed by atoms with Gasteiger partial charge in [-0.25, -0.2) is 0 Å². The van der Waals surface area contributed by atoms with E-state index in [2.05, 4.69) is 20.3 Å². The fourth-order valence-corrected chi connectivity index (χ4v) is 3.68. The quantitative estimate of drug-likeness (QED) is 0.776. The maximum Gasteiger partial charge on any atom is 0.273 e. The predicted molar refractivity (Wildman–Crippen MR) is 94.6 cm³/mol. The van der Waals surface area contributed by atoms with Crippen LogP contribution in [0.3, 0.4) is 0 Å². The number of aromatic nitrogens is 1. The van der Waals surface area contributed by atoms with Gasteiger partial charge in [0.2, 0.25) is 11.8 Å². The molecule has 0 saturated carbocycles. The Kier molecular flexibility index (Phi) is 5.67. The van der Waals surface area contributed by atoms with Gasteiger partial charge >= 0.3 is 0 Å². The summed E-state index contributed by atoms with van der Waals surface area (Å²) in [5.74, 6) is -0.715. The van der Waals surface area contributed by atoms with Crippen LogP contribution < -0.4 is 10.6 Å². The summed E-state index contributed by atoms with van der Waals surface area (Å²) in [7, 11) is 0. The van der Waals surface area contributed by atoms with E-state index in [1.165, 1.54) is 23.7 Å². The normalized spacial score (nSPS) is 19.3. The van der Waals surface area contributed by atoms with Crippen molar-refractivity contribution in [2.24, 2.45) is 0 Å². The summed E-state index contributed by atoms with van der Waals surface area (Å²) < 4.78 is 4.67. The molecule has 1 fully saturated rings. The lowest BCUT2D eigenvalue weighted by Crippen LogP contribution is -2.46. The van der Waals surface area contributed by atoms with E-state index in [9.17, 15) is 14.4 Å². The number of thiophene rings is 1. The van der Waals surface area contributed by atoms with Crippen LogP contribution in [0.25, 0.3) is 0 Å². The zero-order valence-electron chi connectivity index (χ0n) is 14.3. The van der Waals surface area contributed by atoms with Crippen molar-refractivity contribution in [3.05, 3.63) is 40.4 Å². The molecule has 0 bridgehead atoms. The van der Waals surface area contributed by atoms with Gasteiger partial charge in [0.1, 0.15) is 12.3 Å². The average Bonchev–Trinajstić information content (AvgIpc) is 3.36. The van der Waals surface area contributed by atoms with E-state index < -0.39 is 6.04 Å². The molecular formula is C17H20N4O4S. The van der Waals surface area contributed by atoms with Crippen LogP contribution in [0.5, 0.6) is 0 Å². The molecule has 3 rings (SSSR count). The lowest BCUT2D eigenvalue weighted by molar-refractivity contribution is -0.137. The Morgan fingerprint density at radius 3 is 2.88 bits per heavy atom. The third-order valence-corrected chi connectivity index (χ3v) is 4.95. The highest BCUT2D eigenvalue weighted by atomic mass is 32.1. The largest absolute Gasteiger partial charge is 0.364 e. The molecule has 1 aliphatic heterocycles. The van der Waals surface area contributed by atoms with Crippen molar-refractivity contribution in [2.75, 3.05) is 13.1 Å². The van der Waals surface area contributed by atoms with Gasteiger partial charge in [-0.1, -0.05) is 5.16 Å². The van der Waals surface area contributed by atoms with E-state index in [0.717, 1.165) is 5.56 Å². The molecule has 0 radical (unpaired) electrons. The van der Waals surface area contributed by atoms with Crippen molar-refractivity contribution >= 4 is 29.1 Å². The van der Waals surface area contributed by atoms with Crippen LogP contribution in [0.1, 0.15) is 29.4 Å². The van der Waals surface area contributed by atoms with Crippen LogP contribution in [0.15, 0.2) is 33.7 Å². The molecule has 0 aliphatic carbocycles. The Balaban J connectivity index is 1.69. The molecule has 2 aromatic rings. The standard InChI is InChI=1S/C17H20N4O4S/c1-2-18-17(24)14-8-12(19-16(23)13-3-5-25-20-13)9-21(14)15(22)7-11-4-6-26-10-11/h3-6,10,12,14H,2,7-9H2,1H3,(H,18,24)(H,19,23)/t12-,14-/m0/s1. The number of likely N-dealkylation sites (tertiary alicyclic amines) is 1. The van der Waals surface area contributed by atoms with E-state index in [0.29, 0.717) is 13.0 Å². The molecule has 2 N–H and O–H groups in total. The average molecular weight is 376 g/mol. The first-order valence-corrected chi connectivity index (χ1v) is 9.32. The number of carbonyl (C=O) groups is 3. The second-order valence-corrected chi connectivity index (χ2v) is 6.84. The molecule has 9 heteroatoms. The Bertz CT molecular complexity index is 760. The number of hydrogen-bond acceptors (Lipinski definition) is 6. The number of nitrogens with zero attached hydrogens (tertiary/aromatic N) is 2. The van der Waals surface area contributed by atoms with Crippen LogP contribution in [-0.2, 0) is 16.0 Å². The summed E-state index contributed by atoms with van der Waals surface area (Å²) in [5, 5.41) is 13.0. The monoisotopic (exact) mass is 376 g/mol. The molecule has 138 valence electrons. The molecule has 2 atom stereocenters. The first-order valence-electron chi connectivity index (χ1n) is 8.38. The summed E-state index contributed by atoms with van der Waals surface area (Å²) in [6, 6.07) is 2.44. The third-order valence-electron chi connectivity index (χ3n) is 4.22. The number of amides is 3. The first kappa shape index (κ1) is 18.1. The van der Waals surface area contributed by atoms with Gasteiger partial charge in [0.25, 0.3) is 5.91 Å². The first-order chi connectivity index (χ1) is 12.6. The van der Waals surface area contributed by atoms with Gasteiger partial charge in [0.05, 0.1) is 6.42 Å². The second-order valence-electron chi connectivity index (χ2n) is 6.06. The molecule has 8 nitrogen and oxygen atoms in total. The van der Waals surface area contributed by atoms with Gasteiger partial charge in [0, 0.05) is 25.2 Å². The lowest BCUT2D eigenvalue weighted by Gasteiger charge is -2.23. The molecule has 0 aromatic carbocycles. The maximum absolute atomic E-state index is 12.7. The predicted octanol–water partition coefficient (Wildman–Crippen LogP) is 0.814. The van der Waals surface area contributed by atoms with Crippen LogP contribution in [-0.4, -0.2) is 53.0 Å². The summed E-state index contributed by atoms with van der Waals surface area (Å²) in [4.78, 5) is 38.8. The third kappa shape index (κ3) is 4.10. The molecule has 2 aromatic heterocycles. The van der Waals surface area contributed by atoms with E-state index >= 15 is 0 Å². The molecule has 3 heterocycles. The zero-order valence-corrected chi connectivity index (χ0v) is 15.1. The summed E-state index contributed by atoms with van der Waals surface area (Å²) in [6.45, 7) is 2.60. The van der Waals surface area contributed by atoms with Crippen molar-refractivity contribution in [2.45, 2.75) is 31.8 Å². The number of hydrogen-bond donors (Lipinski definition) is 2. The van der Waals surface area contributed by atoms with Gasteiger partial charge in [-0.3, -0.25) is 14.4 Å². The van der Waals surface area contributed by atoms with Crippen LogP contribution >= 0.6 is 11.3 Å². The van der Waals surface area contributed by atoms with Crippen LogP contribution in [0, 0.1) is 0 Å². The second kappa shape index (κ2) is 8.13. The minimum Gasteiger partial charge on any atom is -0.364 e. The summed E-state index contributed by atoms with van der Waals surface area (Å²) in [6.07, 6.45) is 1.92. The Hall–Kier alpha value is -2.68. The summed E-state index contributed by atoms with van der Waals surface area (Å²) in [5.41, 5.74) is 1.09. The van der Waals surface area contributed by atoms with E-state index in [1.807, 2.05) is 23.8 Å². The number of carbonyl (C=O) groups excluding carboxylic acids is 3. The van der Waals surface area contributed by atoms with Gasteiger partial charge in [0.15, 0.2) is 5.69 Å².